The predicted molar refractivity (Wildman–Crippen MR) is 146 cm³/mol. The van der Waals surface area contributed by atoms with Gasteiger partial charge < -0.3 is 10.6 Å². The summed E-state index contributed by atoms with van der Waals surface area (Å²) in [7, 11) is 1.37. The Morgan fingerprint density at radius 1 is 1.05 bits per heavy atom. The summed E-state index contributed by atoms with van der Waals surface area (Å²) in [6.45, 7) is -0.341. The second-order valence-corrected chi connectivity index (χ2v) is 10.8. The quantitative estimate of drug-likeness (QED) is 0.253. The van der Waals surface area contributed by atoms with Crippen molar-refractivity contribution in [3.63, 3.8) is 0 Å². The molecule has 0 radical (unpaired) electrons. The van der Waals surface area contributed by atoms with Gasteiger partial charge in [0, 0.05) is 42.0 Å². The molecule has 2 aliphatic rings. The van der Waals surface area contributed by atoms with E-state index in [4.69, 9.17) is 0 Å². The molecule has 2 aromatic heterocycles. The van der Waals surface area contributed by atoms with Crippen LogP contribution in [0.1, 0.15) is 63.4 Å². The third kappa shape index (κ3) is 5.61. The largest absolute Gasteiger partial charge is 0.355 e. The van der Waals surface area contributed by atoms with E-state index in [9.17, 15) is 31.5 Å². The maximum atomic E-state index is 14.4. The molecule has 2 N–H and O–H groups in total. The molecule has 12 heteroatoms. The fourth-order valence-electron chi connectivity index (χ4n) is 6.02. The highest BCUT2D eigenvalue weighted by atomic mass is 19.3. The van der Waals surface area contributed by atoms with E-state index < -0.39 is 41.7 Å². The van der Waals surface area contributed by atoms with Crippen molar-refractivity contribution in [1.82, 2.24) is 25.4 Å². The summed E-state index contributed by atoms with van der Waals surface area (Å²) >= 11 is 0. The molecule has 0 aliphatic heterocycles. The first-order chi connectivity index (χ1) is 20.6. The molecule has 2 aliphatic carbocycles. The molecule has 7 nitrogen and oxygen atoms in total. The number of hydrogen-bond acceptors (Lipinski definition) is 4. The number of carbonyl (C=O) groups excluding carboxylic acids is 2. The van der Waals surface area contributed by atoms with Crippen molar-refractivity contribution in [3.8, 4) is 11.1 Å². The molecule has 4 aromatic rings. The second kappa shape index (κ2) is 11.2. The molecule has 2 aromatic carbocycles. The van der Waals surface area contributed by atoms with E-state index in [0.717, 1.165) is 30.7 Å². The van der Waals surface area contributed by atoms with Gasteiger partial charge in [-0.05, 0) is 66.6 Å². The molecular weight excluding hydrogens is 569 g/mol. The fourth-order valence-corrected chi connectivity index (χ4v) is 6.02. The van der Waals surface area contributed by atoms with Gasteiger partial charge in [0.1, 0.15) is 29.7 Å². The van der Waals surface area contributed by atoms with Crippen molar-refractivity contribution in [3.05, 3.63) is 106 Å². The molecule has 0 saturated heterocycles. The molecule has 0 spiro atoms. The zero-order valence-corrected chi connectivity index (χ0v) is 22.9. The van der Waals surface area contributed by atoms with Crippen LogP contribution in [0.15, 0.2) is 54.7 Å². The maximum absolute atomic E-state index is 14.4. The molecule has 6 rings (SSSR count). The zero-order chi connectivity index (χ0) is 30.4. The van der Waals surface area contributed by atoms with Gasteiger partial charge in [-0.15, -0.1) is 0 Å². The lowest BCUT2D eigenvalue weighted by Crippen LogP contribution is -2.34. The first-order valence-corrected chi connectivity index (χ1v) is 13.7. The van der Waals surface area contributed by atoms with Gasteiger partial charge in [-0.2, -0.15) is 5.10 Å². The maximum Gasteiger partial charge on any atom is 0.282 e. The summed E-state index contributed by atoms with van der Waals surface area (Å²) < 4.78 is 71.4. The summed E-state index contributed by atoms with van der Waals surface area (Å²) in [6.07, 6.45) is -0.00236. The SMILES string of the molecule is CNC(=O)c1cc(-c2cccnc2[C@H](Cc2cc(F)cc(F)c2)NC(=O)Cn2nc(C(F)F)c3c2C2CC2C3)ccc1F. The molecule has 222 valence electrons. The lowest BCUT2D eigenvalue weighted by atomic mass is 9.94. The molecule has 1 fully saturated rings. The van der Waals surface area contributed by atoms with Crippen LogP contribution >= 0.6 is 0 Å². The Hall–Kier alpha value is -4.61. The van der Waals surface area contributed by atoms with Gasteiger partial charge in [0.15, 0.2) is 0 Å². The lowest BCUT2D eigenvalue weighted by molar-refractivity contribution is -0.122. The minimum Gasteiger partial charge on any atom is -0.355 e. The van der Waals surface area contributed by atoms with Crippen LogP contribution in [0, 0.1) is 23.4 Å². The number of carbonyl (C=O) groups is 2. The third-order valence-corrected chi connectivity index (χ3v) is 7.98. The van der Waals surface area contributed by atoms with E-state index in [0.29, 0.717) is 34.7 Å². The standard InChI is InChI=1S/C31H26F5N5O2/c1-37-31(43)22-10-16(4-5-24(22)34)20-3-2-6-38-27(20)25(9-15-7-18(32)13-19(33)8-15)39-26(42)14-41-29-21-11-17(21)12-23(29)28(40-41)30(35)36/h2-8,10,13,17,21,25,30H,9,11-12,14H2,1H3,(H,37,43)(H,39,42)/t17?,21?,25-/m0/s1. The average Bonchev–Trinajstić information content (AvgIpc) is 3.48. The van der Waals surface area contributed by atoms with Crippen molar-refractivity contribution in [2.24, 2.45) is 5.92 Å². The van der Waals surface area contributed by atoms with E-state index in [-0.39, 0.29) is 41.4 Å². The average molecular weight is 596 g/mol. The van der Waals surface area contributed by atoms with Crippen LogP contribution in [0.5, 0.6) is 0 Å². The van der Waals surface area contributed by atoms with Crippen LogP contribution in [0.25, 0.3) is 11.1 Å². The molecule has 2 heterocycles. The number of aromatic nitrogens is 3. The summed E-state index contributed by atoms with van der Waals surface area (Å²) in [5, 5.41) is 9.30. The number of nitrogens with one attached hydrogen (secondary N) is 2. The Balaban J connectivity index is 1.36. The number of fused-ring (bicyclic) bond motifs is 3. The first kappa shape index (κ1) is 28.5. The number of halogens is 5. The number of alkyl halides is 2. The Morgan fingerprint density at radius 2 is 1.81 bits per heavy atom. The van der Waals surface area contributed by atoms with Gasteiger partial charge in [-0.3, -0.25) is 19.3 Å². The van der Waals surface area contributed by atoms with Gasteiger partial charge in [-0.1, -0.05) is 12.1 Å². The Morgan fingerprint density at radius 3 is 2.53 bits per heavy atom. The minimum absolute atomic E-state index is 0.0852. The smallest absolute Gasteiger partial charge is 0.282 e. The highest BCUT2D eigenvalue weighted by Crippen LogP contribution is 2.57. The van der Waals surface area contributed by atoms with Crippen LogP contribution in [0.2, 0.25) is 0 Å². The molecule has 43 heavy (non-hydrogen) atoms. The van der Waals surface area contributed by atoms with E-state index in [2.05, 4.69) is 20.7 Å². The number of rotatable bonds is 9. The normalized spacial score (nSPS) is 17.4. The number of pyridine rings is 1. The summed E-state index contributed by atoms with van der Waals surface area (Å²) in [5.74, 6) is -3.16. The van der Waals surface area contributed by atoms with Crippen LogP contribution in [-0.2, 0) is 24.2 Å². The van der Waals surface area contributed by atoms with Crippen LogP contribution in [-0.4, -0.2) is 33.6 Å². The van der Waals surface area contributed by atoms with Crippen LogP contribution in [0.3, 0.4) is 0 Å². The topological polar surface area (TPSA) is 88.9 Å². The zero-order valence-electron chi connectivity index (χ0n) is 22.9. The van der Waals surface area contributed by atoms with Gasteiger partial charge in [0.05, 0.1) is 17.3 Å². The monoisotopic (exact) mass is 595 g/mol. The summed E-state index contributed by atoms with van der Waals surface area (Å²) in [5.41, 5.74) is 2.02. The first-order valence-electron chi connectivity index (χ1n) is 13.7. The van der Waals surface area contributed by atoms with Crippen molar-refractivity contribution in [2.75, 3.05) is 7.05 Å². The summed E-state index contributed by atoms with van der Waals surface area (Å²) in [6, 6.07) is 9.26. The third-order valence-electron chi connectivity index (χ3n) is 7.98. The summed E-state index contributed by atoms with van der Waals surface area (Å²) in [4.78, 5) is 30.2. The second-order valence-electron chi connectivity index (χ2n) is 10.8. The van der Waals surface area contributed by atoms with E-state index in [1.54, 1.807) is 12.1 Å². The highest BCUT2D eigenvalue weighted by Gasteiger charge is 2.50. The van der Waals surface area contributed by atoms with Gasteiger partial charge in [0.25, 0.3) is 12.3 Å². The van der Waals surface area contributed by atoms with Gasteiger partial charge >= 0.3 is 0 Å². The molecule has 3 atom stereocenters. The molecule has 2 amide bonds. The number of amides is 2. The van der Waals surface area contributed by atoms with Crippen molar-refractivity contribution < 1.29 is 31.5 Å². The van der Waals surface area contributed by atoms with Crippen LogP contribution < -0.4 is 10.6 Å². The number of benzene rings is 2. The van der Waals surface area contributed by atoms with Crippen molar-refractivity contribution in [1.29, 1.82) is 0 Å². The molecule has 1 saturated carbocycles. The Bertz CT molecular complexity index is 1720. The predicted octanol–water partition coefficient (Wildman–Crippen LogP) is 5.42. The van der Waals surface area contributed by atoms with Crippen molar-refractivity contribution >= 4 is 11.8 Å². The molecular formula is C31H26F5N5O2. The van der Waals surface area contributed by atoms with E-state index in [1.807, 2.05) is 0 Å². The fraction of sp³-hybridized carbons (Fsp3) is 0.290. The van der Waals surface area contributed by atoms with Gasteiger partial charge in [0.2, 0.25) is 5.91 Å². The number of hydrogen-bond donors (Lipinski definition) is 2. The Kier molecular flexibility index (Phi) is 7.45. The highest BCUT2D eigenvalue weighted by molar-refractivity contribution is 5.95. The van der Waals surface area contributed by atoms with E-state index in [1.165, 1.54) is 30.1 Å². The van der Waals surface area contributed by atoms with Crippen molar-refractivity contribution in [2.45, 2.75) is 44.2 Å². The Labute approximate surface area is 243 Å². The lowest BCUT2D eigenvalue weighted by Gasteiger charge is -2.22. The molecule has 2 unspecified atom stereocenters. The van der Waals surface area contributed by atoms with E-state index >= 15 is 0 Å². The van der Waals surface area contributed by atoms with Crippen LogP contribution in [0.4, 0.5) is 22.0 Å². The van der Waals surface area contributed by atoms with Gasteiger partial charge in [-0.25, -0.2) is 22.0 Å². The number of nitrogens with zero attached hydrogens (tertiary/aromatic N) is 3. The molecule has 0 bridgehead atoms. The minimum atomic E-state index is -2.77.